The maximum Gasteiger partial charge on any atom is 0.522 e. The van der Waals surface area contributed by atoms with Gasteiger partial charge in [0.2, 0.25) is 0 Å². The number of halogens is 4. The fourth-order valence-electron chi connectivity index (χ4n) is 1.70. The average Bonchev–Trinajstić information content (AvgIpc) is 2.20. The van der Waals surface area contributed by atoms with Crippen molar-refractivity contribution in [2.24, 2.45) is 0 Å². The Labute approximate surface area is 118 Å². The van der Waals surface area contributed by atoms with E-state index in [4.69, 9.17) is 15.4 Å². The summed E-state index contributed by atoms with van der Waals surface area (Å²) < 4.78 is 66.5. The van der Waals surface area contributed by atoms with E-state index in [9.17, 15) is 21.6 Å². The van der Waals surface area contributed by atoms with Crippen molar-refractivity contribution in [2.75, 3.05) is 13.2 Å². The van der Waals surface area contributed by atoms with Crippen molar-refractivity contribution in [2.45, 2.75) is 25.1 Å². The van der Waals surface area contributed by atoms with Gasteiger partial charge in [0.1, 0.15) is 12.4 Å². The monoisotopic (exact) mass is 332 g/mol. The Morgan fingerprint density at radius 3 is 2.05 bits per heavy atom. The van der Waals surface area contributed by atoms with Crippen molar-refractivity contribution in [3.63, 3.8) is 0 Å². The van der Waals surface area contributed by atoms with E-state index in [1.54, 1.807) is 0 Å². The fraction of sp³-hybridized carbons (Fsp3) is 0.455. The van der Waals surface area contributed by atoms with Crippen LogP contribution in [0.5, 0.6) is 5.75 Å². The lowest BCUT2D eigenvalue weighted by molar-refractivity contribution is -0.325. The lowest BCUT2D eigenvalue weighted by Gasteiger charge is -2.12. The average molecular weight is 333 g/mol. The van der Waals surface area contributed by atoms with Crippen LogP contribution in [0.3, 0.4) is 0 Å². The van der Waals surface area contributed by atoms with E-state index < -0.39 is 22.0 Å². The highest BCUT2D eigenvalue weighted by molar-refractivity contribution is 8.13. The highest BCUT2D eigenvalue weighted by Crippen LogP contribution is 2.28. The van der Waals surface area contributed by atoms with Crippen molar-refractivity contribution < 1.29 is 31.1 Å². The van der Waals surface area contributed by atoms with E-state index >= 15 is 0 Å². The van der Waals surface area contributed by atoms with Crippen LogP contribution in [0.1, 0.15) is 11.1 Å². The lowest BCUT2D eigenvalue weighted by Crippen LogP contribution is -2.18. The van der Waals surface area contributed by atoms with Crippen LogP contribution >= 0.6 is 10.7 Å². The van der Waals surface area contributed by atoms with Crippen molar-refractivity contribution in [3.05, 3.63) is 23.3 Å². The molecule has 0 heterocycles. The molecule has 0 saturated heterocycles. The number of aryl methyl sites for hydroxylation is 2. The molecule has 0 radical (unpaired) electrons. The fourth-order valence-corrected chi connectivity index (χ4v) is 3.31. The third-order valence-corrected chi connectivity index (χ3v) is 3.89. The van der Waals surface area contributed by atoms with Crippen LogP contribution in [0.15, 0.2) is 17.0 Å². The largest absolute Gasteiger partial charge is 0.522 e. The first-order chi connectivity index (χ1) is 9.00. The van der Waals surface area contributed by atoms with Gasteiger partial charge in [-0.25, -0.2) is 8.42 Å². The Morgan fingerprint density at radius 2 is 1.65 bits per heavy atom. The number of hydrogen-bond donors (Lipinski definition) is 0. The van der Waals surface area contributed by atoms with Crippen molar-refractivity contribution >= 4 is 19.7 Å². The second-order valence-electron chi connectivity index (χ2n) is 3.97. The van der Waals surface area contributed by atoms with Crippen molar-refractivity contribution in [1.82, 2.24) is 0 Å². The van der Waals surface area contributed by atoms with E-state index in [-0.39, 0.29) is 17.3 Å². The van der Waals surface area contributed by atoms with E-state index in [0.29, 0.717) is 11.1 Å². The van der Waals surface area contributed by atoms with E-state index in [2.05, 4.69) is 4.74 Å². The van der Waals surface area contributed by atoms with Gasteiger partial charge in [-0.2, -0.15) is 0 Å². The van der Waals surface area contributed by atoms with Crippen LogP contribution in [-0.2, 0) is 13.8 Å². The molecule has 0 unspecified atom stereocenters. The summed E-state index contributed by atoms with van der Waals surface area (Å²) in [5, 5.41) is 0. The first-order valence-electron chi connectivity index (χ1n) is 5.40. The third kappa shape index (κ3) is 5.18. The molecule has 0 aliphatic heterocycles. The zero-order valence-electron chi connectivity index (χ0n) is 10.6. The van der Waals surface area contributed by atoms with Crippen LogP contribution in [0, 0.1) is 13.8 Å². The molecule has 0 aliphatic carbocycles. The van der Waals surface area contributed by atoms with Crippen LogP contribution in [0.2, 0.25) is 0 Å². The molecule has 0 N–H and O–H groups in total. The predicted molar refractivity (Wildman–Crippen MR) is 66.5 cm³/mol. The molecular formula is C11H12ClF3O4S. The van der Waals surface area contributed by atoms with Crippen LogP contribution in [0.25, 0.3) is 0 Å². The summed E-state index contributed by atoms with van der Waals surface area (Å²) in [5.41, 5.74) is 0.707. The molecule has 114 valence electrons. The maximum absolute atomic E-state index is 11.7. The lowest BCUT2D eigenvalue weighted by atomic mass is 10.1. The SMILES string of the molecule is Cc1cc(OCCOC(F)(F)F)cc(C)c1S(=O)(=O)Cl. The number of hydrogen-bond acceptors (Lipinski definition) is 4. The summed E-state index contributed by atoms with van der Waals surface area (Å²) in [7, 11) is 1.40. The molecule has 0 fully saturated rings. The molecule has 0 aromatic heterocycles. The molecule has 0 bridgehead atoms. The minimum absolute atomic E-state index is 0.0296. The molecule has 20 heavy (non-hydrogen) atoms. The van der Waals surface area contributed by atoms with Crippen molar-refractivity contribution in [3.8, 4) is 5.75 Å². The van der Waals surface area contributed by atoms with Crippen LogP contribution < -0.4 is 4.74 Å². The summed E-state index contributed by atoms with van der Waals surface area (Å²) in [4.78, 5) is -0.0296. The van der Waals surface area contributed by atoms with E-state index in [0.717, 1.165) is 0 Å². The third-order valence-electron chi connectivity index (χ3n) is 2.30. The Balaban J connectivity index is 2.76. The molecular weight excluding hydrogens is 321 g/mol. The summed E-state index contributed by atoms with van der Waals surface area (Å²) in [5.74, 6) is 0.245. The standard InChI is InChI=1S/C11H12ClF3O4S/c1-7-5-9(18-3-4-19-11(13,14)15)6-8(2)10(7)20(12,16)17/h5-6H,3-4H2,1-2H3. The molecule has 0 amide bonds. The molecule has 0 aliphatic rings. The first kappa shape index (κ1) is 17.1. The van der Waals surface area contributed by atoms with Gasteiger partial charge in [-0.15, -0.1) is 13.2 Å². The molecule has 0 spiro atoms. The summed E-state index contributed by atoms with van der Waals surface area (Å²) in [6, 6.07) is 2.77. The van der Waals surface area contributed by atoms with Gasteiger partial charge in [0.05, 0.1) is 11.5 Å². The molecule has 0 saturated carbocycles. The minimum Gasteiger partial charge on any atom is -0.491 e. The zero-order chi connectivity index (χ0) is 15.6. The molecule has 9 heteroatoms. The zero-order valence-corrected chi connectivity index (χ0v) is 12.2. The van der Waals surface area contributed by atoms with Gasteiger partial charge in [-0.1, -0.05) is 0 Å². The van der Waals surface area contributed by atoms with Crippen LogP contribution in [0.4, 0.5) is 13.2 Å². The first-order valence-corrected chi connectivity index (χ1v) is 7.71. The summed E-state index contributed by atoms with van der Waals surface area (Å²) >= 11 is 0. The van der Waals surface area contributed by atoms with Gasteiger partial charge >= 0.3 is 6.36 Å². The number of benzene rings is 1. The second-order valence-corrected chi connectivity index (χ2v) is 6.47. The predicted octanol–water partition coefficient (Wildman–Crippen LogP) is 3.15. The summed E-state index contributed by atoms with van der Waals surface area (Å²) in [6.45, 7) is 2.06. The minimum atomic E-state index is -4.70. The molecule has 0 atom stereocenters. The molecule has 1 aromatic carbocycles. The number of alkyl halides is 3. The Morgan fingerprint density at radius 1 is 1.15 bits per heavy atom. The second kappa shape index (κ2) is 6.19. The van der Waals surface area contributed by atoms with Gasteiger partial charge in [0.25, 0.3) is 9.05 Å². The molecule has 1 rings (SSSR count). The van der Waals surface area contributed by atoms with Gasteiger partial charge in [-0.3, -0.25) is 4.74 Å². The smallest absolute Gasteiger partial charge is 0.491 e. The highest BCUT2D eigenvalue weighted by Gasteiger charge is 2.28. The normalized spacial score (nSPS) is 12.5. The summed E-state index contributed by atoms with van der Waals surface area (Å²) in [6.07, 6.45) is -4.70. The van der Waals surface area contributed by atoms with Gasteiger partial charge in [0, 0.05) is 10.7 Å². The maximum atomic E-state index is 11.7. The topological polar surface area (TPSA) is 52.6 Å². The number of rotatable bonds is 5. The van der Waals surface area contributed by atoms with Gasteiger partial charge in [-0.05, 0) is 37.1 Å². The van der Waals surface area contributed by atoms with Gasteiger partial charge in [0.15, 0.2) is 0 Å². The molecule has 4 nitrogen and oxygen atoms in total. The van der Waals surface area contributed by atoms with Gasteiger partial charge < -0.3 is 4.74 Å². The molecule has 1 aromatic rings. The van der Waals surface area contributed by atoms with Crippen molar-refractivity contribution in [1.29, 1.82) is 0 Å². The highest BCUT2D eigenvalue weighted by atomic mass is 35.7. The quantitative estimate of drug-likeness (QED) is 0.614. The number of ether oxygens (including phenoxy) is 2. The Kier molecular flexibility index (Phi) is 5.28. The van der Waals surface area contributed by atoms with E-state index in [1.165, 1.54) is 26.0 Å². The Bertz CT molecular complexity index is 561. The van der Waals surface area contributed by atoms with E-state index in [1.807, 2.05) is 0 Å². The Hall–Kier alpha value is -0.990. The van der Waals surface area contributed by atoms with Crippen LogP contribution in [-0.4, -0.2) is 28.0 Å².